The summed E-state index contributed by atoms with van der Waals surface area (Å²) in [6, 6.07) is 5.73. The van der Waals surface area contributed by atoms with Crippen molar-refractivity contribution in [1.29, 1.82) is 0 Å². The minimum Gasteiger partial charge on any atom is -0.406 e. The smallest absolute Gasteiger partial charge is 0.406 e. The summed E-state index contributed by atoms with van der Waals surface area (Å²) in [7, 11) is 0. The fourth-order valence-electron chi connectivity index (χ4n) is 2.43. The van der Waals surface area contributed by atoms with Gasteiger partial charge in [0, 0.05) is 12.2 Å². The van der Waals surface area contributed by atoms with Crippen LogP contribution in [-0.2, 0) is 6.42 Å². The van der Waals surface area contributed by atoms with Gasteiger partial charge in [-0.1, -0.05) is 26.0 Å². The van der Waals surface area contributed by atoms with E-state index in [1.807, 2.05) is 13.8 Å². The Morgan fingerprint density at radius 2 is 1.86 bits per heavy atom. The molecule has 1 atom stereocenters. The van der Waals surface area contributed by atoms with E-state index in [1.54, 1.807) is 23.9 Å². The molecule has 2 rings (SSSR count). The van der Waals surface area contributed by atoms with Crippen LogP contribution in [0.3, 0.4) is 0 Å². The first kappa shape index (κ1) is 16.5. The highest BCUT2D eigenvalue weighted by atomic mass is 32.2. The molecule has 1 fully saturated rings. The summed E-state index contributed by atoms with van der Waals surface area (Å²) in [4.78, 5) is 0. The van der Waals surface area contributed by atoms with Crippen LogP contribution in [0, 0.1) is 5.41 Å². The van der Waals surface area contributed by atoms with Gasteiger partial charge >= 0.3 is 6.36 Å². The van der Waals surface area contributed by atoms with Gasteiger partial charge in [0.25, 0.3) is 0 Å². The Hall–Kier alpha value is -0.880. The van der Waals surface area contributed by atoms with Crippen molar-refractivity contribution >= 4 is 11.8 Å². The second-order valence-corrected chi connectivity index (χ2v) is 7.19. The first-order chi connectivity index (χ1) is 9.61. The van der Waals surface area contributed by atoms with Gasteiger partial charge < -0.3 is 9.84 Å². The normalized spacial score (nSPS) is 25.6. The number of halogens is 3. The van der Waals surface area contributed by atoms with E-state index in [1.165, 1.54) is 12.1 Å². The summed E-state index contributed by atoms with van der Waals surface area (Å²) in [5, 5.41) is 10.9. The standard InChI is InChI=1S/C15H19F3O2S/c1-13(2)7-8-21-10-14(13,19)9-11-3-5-12(6-4-11)20-15(16,17)18/h3-6,19H,7-10H2,1-2H3. The topological polar surface area (TPSA) is 29.5 Å². The molecule has 1 N–H and O–H groups in total. The molecule has 1 aliphatic heterocycles. The average molecular weight is 320 g/mol. The van der Waals surface area contributed by atoms with E-state index in [9.17, 15) is 18.3 Å². The number of ether oxygens (including phenoxy) is 1. The van der Waals surface area contributed by atoms with Gasteiger partial charge in [-0.15, -0.1) is 13.2 Å². The Kier molecular flexibility index (Phi) is 4.49. The molecule has 0 radical (unpaired) electrons. The second kappa shape index (κ2) is 5.72. The van der Waals surface area contributed by atoms with Crippen molar-refractivity contribution in [1.82, 2.24) is 0 Å². The van der Waals surface area contributed by atoms with Crippen LogP contribution in [-0.4, -0.2) is 28.6 Å². The van der Waals surface area contributed by atoms with Crippen LogP contribution >= 0.6 is 11.8 Å². The van der Waals surface area contributed by atoms with Crippen molar-refractivity contribution in [2.24, 2.45) is 5.41 Å². The van der Waals surface area contributed by atoms with Crippen LogP contribution < -0.4 is 4.74 Å². The van der Waals surface area contributed by atoms with E-state index in [-0.39, 0.29) is 11.2 Å². The molecule has 21 heavy (non-hydrogen) atoms. The average Bonchev–Trinajstić information content (AvgIpc) is 2.34. The summed E-state index contributed by atoms with van der Waals surface area (Å²) in [6.45, 7) is 4.07. The molecule has 1 aromatic rings. The summed E-state index contributed by atoms with van der Waals surface area (Å²) in [6.07, 6.45) is -3.33. The fraction of sp³-hybridized carbons (Fsp3) is 0.600. The first-order valence-corrected chi connectivity index (χ1v) is 7.92. The van der Waals surface area contributed by atoms with Crippen molar-refractivity contribution in [2.75, 3.05) is 11.5 Å². The fourth-order valence-corrected chi connectivity index (χ4v) is 4.06. The summed E-state index contributed by atoms with van der Waals surface area (Å²) in [5.74, 6) is 1.42. The molecule has 0 spiro atoms. The molecule has 1 aromatic carbocycles. The molecular formula is C15H19F3O2S. The van der Waals surface area contributed by atoms with Crippen LogP contribution in [0.15, 0.2) is 24.3 Å². The zero-order valence-corrected chi connectivity index (χ0v) is 12.9. The molecule has 0 amide bonds. The van der Waals surface area contributed by atoms with Crippen molar-refractivity contribution in [2.45, 2.75) is 38.7 Å². The number of hydrogen-bond acceptors (Lipinski definition) is 3. The lowest BCUT2D eigenvalue weighted by molar-refractivity contribution is -0.274. The summed E-state index contributed by atoms with van der Waals surface area (Å²) in [5.41, 5.74) is -0.246. The maximum atomic E-state index is 12.1. The Morgan fingerprint density at radius 1 is 1.24 bits per heavy atom. The van der Waals surface area contributed by atoms with Gasteiger partial charge in [0.05, 0.1) is 5.60 Å². The van der Waals surface area contributed by atoms with E-state index in [4.69, 9.17) is 0 Å². The maximum Gasteiger partial charge on any atom is 0.573 e. The maximum absolute atomic E-state index is 12.1. The van der Waals surface area contributed by atoms with Crippen molar-refractivity contribution < 1.29 is 23.0 Å². The Balaban J connectivity index is 2.09. The molecule has 0 aromatic heterocycles. The van der Waals surface area contributed by atoms with Gasteiger partial charge in [-0.05, 0) is 35.3 Å². The first-order valence-electron chi connectivity index (χ1n) is 6.76. The van der Waals surface area contributed by atoms with E-state index in [0.717, 1.165) is 17.7 Å². The van der Waals surface area contributed by atoms with Crippen LogP contribution in [0.2, 0.25) is 0 Å². The van der Waals surface area contributed by atoms with Gasteiger partial charge in [0.1, 0.15) is 5.75 Å². The van der Waals surface area contributed by atoms with Crippen LogP contribution in [0.5, 0.6) is 5.75 Å². The van der Waals surface area contributed by atoms with E-state index < -0.39 is 12.0 Å². The summed E-state index contributed by atoms with van der Waals surface area (Å²) >= 11 is 1.71. The molecule has 6 heteroatoms. The molecule has 1 aliphatic rings. The lowest BCUT2D eigenvalue weighted by Gasteiger charge is -2.46. The van der Waals surface area contributed by atoms with Crippen LogP contribution in [0.25, 0.3) is 0 Å². The van der Waals surface area contributed by atoms with Crippen molar-refractivity contribution in [3.05, 3.63) is 29.8 Å². The molecule has 1 unspecified atom stereocenters. The SMILES string of the molecule is CC1(C)CCSCC1(O)Cc1ccc(OC(F)(F)F)cc1. The van der Waals surface area contributed by atoms with Crippen LogP contribution in [0.1, 0.15) is 25.8 Å². The molecule has 1 heterocycles. The lowest BCUT2D eigenvalue weighted by atomic mass is 9.70. The Labute approximate surface area is 126 Å². The molecule has 0 saturated carbocycles. The number of thioether (sulfide) groups is 1. The van der Waals surface area contributed by atoms with Gasteiger partial charge in [-0.25, -0.2) is 0 Å². The number of hydrogen-bond donors (Lipinski definition) is 1. The number of benzene rings is 1. The predicted octanol–water partition coefficient (Wildman–Crippen LogP) is 4.02. The molecule has 118 valence electrons. The molecule has 1 saturated heterocycles. The van der Waals surface area contributed by atoms with E-state index in [2.05, 4.69) is 4.74 Å². The lowest BCUT2D eigenvalue weighted by Crippen LogP contribution is -2.51. The summed E-state index contributed by atoms with van der Waals surface area (Å²) < 4.78 is 40.2. The van der Waals surface area contributed by atoms with Gasteiger partial charge in [-0.3, -0.25) is 0 Å². The molecule has 0 bridgehead atoms. The third-order valence-electron chi connectivity index (χ3n) is 4.13. The third kappa shape index (κ3) is 4.07. The largest absolute Gasteiger partial charge is 0.573 e. The number of alkyl halides is 3. The highest BCUT2D eigenvalue weighted by Gasteiger charge is 2.45. The molecule has 0 aliphatic carbocycles. The van der Waals surface area contributed by atoms with E-state index in [0.29, 0.717) is 12.2 Å². The Bertz CT molecular complexity index is 485. The third-order valence-corrected chi connectivity index (χ3v) is 5.30. The second-order valence-electron chi connectivity index (χ2n) is 6.09. The zero-order chi connectivity index (χ0) is 15.7. The molecular weight excluding hydrogens is 301 g/mol. The van der Waals surface area contributed by atoms with E-state index >= 15 is 0 Å². The molecule has 2 nitrogen and oxygen atoms in total. The predicted molar refractivity (Wildman–Crippen MR) is 77.5 cm³/mol. The number of rotatable bonds is 3. The monoisotopic (exact) mass is 320 g/mol. The minimum absolute atomic E-state index is 0.209. The highest BCUT2D eigenvalue weighted by molar-refractivity contribution is 7.99. The quantitative estimate of drug-likeness (QED) is 0.912. The van der Waals surface area contributed by atoms with Gasteiger partial charge in [0.15, 0.2) is 0 Å². The minimum atomic E-state index is -4.68. The van der Waals surface area contributed by atoms with Gasteiger partial charge in [-0.2, -0.15) is 11.8 Å². The zero-order valence-electron chi connectivity index (χ0n) is 12.0. The highest BCUT2D eigenvalue weighted by Crippen LogP contribution is 2.44. The Morgan fingerprint density at radius 3 is 2.38 bits per heavy atom. The van der Waals surface area contributed by atoms with Crippen molar-refractivity contribution in [3.8, 4) is 5.75 Å². The van der Waals surface area contributed by atoms with Crippen molar-refractivity contribution in [3.63, 3.8) is 0 Å². The van der Waals surface area contributed by atoms with Gasteiger partial charge in [0.2, 0.25) is 0 Å². The van der Waals surface area contributed by atoms with Crippen LogP contribution in [0.4, 0.5) is 13.2 Å². The number of aliphatic hydroxyl groups is 1.